The predicted octanol–water partition coefficient (Wildman–Crippen LogP) is 3.60. The van der Waals surface area contributed by atoms with Gasteiger partial charge >= 0.3 is 0 Å². The fourth-order valence-corrected chi connectivity index (χ4v) is 3.57. The Kier molecular flexibility index (Phi) is 3.82. The molecule has 1 fully saturated rings. The van der Waals surface area contributed by atoms with Crippen LogP contribution in [0.1, 0.15) is 29.3 Å². The maximum absolute atomic E-state index is 12.6. The number of hydrogen-bond acceptors (Lipinski definition) is 6. The summed E-state index contributed by atoms with van der Waals surface area (Å²) in [5.74, 6) is 2.30. The molecule has 1 atom stereocenters. The molecule has 0 N–H and O–H groups in total. The van der Waals surface area contributed by atoms with Gasteiger partial charge in [-0.3, -0.25) is 4.79 Å². The number of rotatable bonds is 3. The van der Waals surface area contributed by atoms with Crippen LogP contribution in [0.25, 0.3) is 11.5 Å². The van der Waals surface area contributed by atoms with Gasteiger partial charge in [-0.05, 0) is 55.3 Å². The number of nitrogens with zero attached hydrogens (tertiary/aromatic N) is 3. The van der Waals surface area contributed by atoms with E-state index in [9.17, 15) is 4.79 Å². The van der Waals surface area contributed by atoms with Gasteiger partial charge in [-0.25, -0.2) is 0 Å². The highest BCUT2D eigenvalue weighted by Gasteiger charge is 2.34. The number of carbonyl (C=O) groups excluding carboxylic acids is 1. The predicted molar refractivity (Wildman–Crippen MR) is 101 cm³/mol. The van der Waals surface area contributed by atoms with Crippen LogP contribution < -0.4 is 14.4 Å². The number of ether oxygens (including phenoxy) is 2. The molecule has 7 heteroatoms. The summed E-state index contributed by atoms with van der Waals surface area (Å²) in [6.07, 6.45) is 0.368. The number of benzene rings is 2. The largest absolute Gasteiger partial charge is 0.454 e. The van der Waals surface area contributed by atoms with E-state index in [-0.39, 0.29) is 18.6 Å². The minimum Gasteiger partial charge on any atom is -0.454 e. The van der Waals surface area contributed by atoms with Crippen LogP contribution >= 0.6 is 0 Å². The van der Waals surface area contributed by atoms with E-state index in [1.54, 1.807) is 4.90 Å². The minimum absolute atomic E-state index is 0.0719. The van der Waals surface area contributed by atoms with Gasteiger partial charge in [-0.15, -0.1) is 0 Å². The SMILES string of the molecule is Cc1ccc(N2CC(c3noc(-c4ccc5c(c4)OCO5)n3)CC2=O)cc1C. The van der Waals surface area contributed by atoms with Crippen molar-refractivity contribution in [3.05, 3.63) is 53.3 Å². The Morgan fingerprint density at radius 1 is 1.04 bits per heavy atom. The molecule has 0 radical (unpaired) electrons. The summed E-state index contributed by atoms with van der Waals surface area (Å²) in [5.41, 5.74) is 4.05. The van der Waals surface area contributed by atoms with Gasteiger partial charge in [0.15, 0.2) is 17.3 Å². The number of hydrogen-bond donors (Lipinski definition) is 0. The van der Waals surface area contributed by atoms with Crippen molar-refractivity contribution in [2.45, 2.75) is 26.2 Å². The van der Waals surface area contributed by atoms with Crippen LogP contribution in [0.3, 0.4) is 0 Å². The second kappa shape index (κ2) is 6.37. The van der Waals surface area contributed by atoms with Crippen LogP contribution in [0.15, 0.2) is 40.9 Å². The Labute approximate surface area is 161 Å². The first kappa shape index (κ1) is 16.8. The zero-order valence-corrected chi connectivity index (χ0v) is 15.6. The summed E-state index contributed by atoms with van der Waals surface area (Å²) in [6.45, 7) is 4.87. The quantitative estimate of drug-likeness (QED) is 0.694. The normalized spacial score (nSPS) is 18.1. The van der Waals surface area contributed by atoms with E-state index in [1.807, 2.05) is 43.3 Å². The molecule has 2 aliphatic rings. The van der Waals surface area contributed by atoms with Crippen LogP contribution in [0.5, 0.6) is 11.5 Å². The Hall–Kier alpha value is -3.35. The fourth-order valence-electron chi connectivity index (χ4n) is 3.57. The summed E-state index contributed by atoms with van der Waals surface area (Å²) in [6, 6.07) is 11.6. The van der Waals surface area contributed by atoms with Gasteiger partial charge in [0, 0.05) is 30.1 Å². The summed E-state index contributed by atoms with van der Waals surface area (Å²) >= 11 is 0. The van der Waals surface area contributed by atoms with Crippen molar-refractivity contribution in [2.24, 2.45) is 0 Å². The molecule has 5 rings (SSSR count). The van der Waals surface area contributed by atoms with Crippen molar-refractivity contribution in [1.29, 1.82) is 0 Å². The molecule has 142 valence electrons. The van der Waals surface area contributed by atoms with Gasteiger partial charge in [-0.2, -0.15) is 4.98 Å². The van der Waals surface area contributed by atoms with Gasteiger partial charge in [0.25, 0.3) is 5.89 Å². The smallest absolute Gasteiger partial charge is 0.258 e. The van der Waals surface area contributed by atoms with E-state index in [2.05, 4.69) is 17.1 Å². The third-order valence-corrected chi connectivity index (χ3v) is 5.35. The van der Waals surface area contributed by atoms with Crippen LogP contribution in [0.2, 0.25) is 0 Å². The number of amides is 1. The highest BCUT2D eigenvalue weighted by Crippen LogP contribution is 2.36. The van der Waals surface area contributed by atoms with E-state index in [1.165, 1.54) is 11.1 Å². The van der Waals surface area contributed by atoms with Crippen LogP contribution in [-0.4, -0.2) is 29.4 Å². The van der Waals surface area contributed by atoms with Crippen molar-refractivity contribution in [3.8, 4) is 23.0 Å². The van der Waals surface area contributed by atoms with Gasteiger partial charge in [0.2, 0.25) is 12.7 Å². The van der Waals surface area contributed by atoms with Crippen molar-refractivity contribution in [1.82, 2.24) is 10.1 Å². The molecule has 0 saturated carbocycles. The number of aromatic nitrogens is 2. The lowest BCUT2D eigenvalue weighted by molar-refractivity contribution is -0.117. The molecule has 1 unspecified atom stereocenters. The molecule has 2 aromatic carbocycles. The fraction of sp³-hybridized carbons (Fsp3) is 0.286. The first-order valence-corrected chi connectivity index (χ1v) is 9.20. The molecule has 1 saturated heterocycles. The van der Waals surface area contributed by atoms with E-state index >= 15 is 0 Å². The van der Waals surface area contributed by atoms with Crippen LogP contribution in [-0.2, 0) is 4.79 Å². The van der Waals surface area contributed by atoms with Crippen LogP contribution in [0.4, 0.5) is 5.69 Å². The zero-order chi connectivity index (χ0) is 19.3. The number of anilines is 1. The Balaban J connectivity index is 1.37. The Morgan fingerprint density at radius 2 is 1.89 bits per heavy atom. The summed E-state index contributed by atoms with van der Waals surface area (Å²) in [4.78, 5) is 18.9. The lowest BCUT2D eigenvalue weighted by atomic mass is 10.1. The van der Waals surface area contributed by atoms with Crippen LogP contribution in [0, 0.1) is 13.8 Å². The summed E-state index contributed by atoms with van der Waals surface area (Å²) in [5, 5.41) is 4.13. The standard InChI is InChI=1S/C21H19N3O4/c1-12-3-5-16(7-13(12)2)24-10-15(9-19(24)25)20-22-21(28-23-20)14-4-6-17-18(8-14)27-11-26-17/h3-8,15H,9-11H2,1-2H3. The lowest BCUT2D eigenvalue weighted by Gasteiger charge is -2.17. The molecule has 3 aromatic rings. The molecule has 1 amide bonds. The molecule has 28 heavy (non-hydrogen) atoms. The highest BCUT2D eigenvalue weighted by atomic mass is 16.7. The summed E-state index contributed by atoms with van der Waals surface area (Å²) < 4.78 is 16.2. The zero-order valence-electron chi connectivity index (χ0n) is 15.6. The molecular formula is C21H19N3O4. The van der Waals surface area contributed by atoms with Gasteiger partial charge < -0.3 is 18.9 Å². The third kappa shape index (κ3) is 2.79. The topological polar surface area (TPSA) is 77.7 Å². The number of aryl methyl sites for hydroxylation is 2. The van der Waals surface area contributed by atoms with Gasteiger partial charge in [0.05, 0.1) is 0 Å². The minimum atomic E-state index is -0.0966. The molecule has 3 heterocycles. The molecular weight excluding hydrogens is 358 g/mol. The molecule has 0 aliphatic carbocycles. The molecule has 2 aliphatic heterocycles. The van der Waals surface area contributed by atoms with Crippen molar-refractivity contribution >= 4 is 11.6 Å². The summed E-state index contributed by atoms with van der Waals surface area (Å²) in [7, 11) is 0. The molecule has 7 nitrogen and oxygen atoms in total. The maximum atomic E-state index is 12.6. The van der Waals surface area contributed by atoms with Crippen molar-refractivity contribution in [2.75, 3.05) is 18.2 Å². The molecule has 1 aromatic heterocycles. The van der Waals surface area contributed by atoms with Gasteiger partial charge in [-0.1, -0.05) is 11.2 Å². The van der Waals surface area contributed by atoms with E-state index < -0.39 is 0 Å². The van der Waals surface area contributed by atoms with E-state index in [0.29, 0.717) is 36.2 Å². The Bertz CT molecular complexity index is 1080. The number of carbonyl (C=O) groups is 1. The first-order chi connectivity index (χ1) is 13.6. The highest BCUT2D eigenvalue weighted by molar-refractivity contribution is 5.96. The Morgan fingerprint density at radius 3 is 2.75 bits per heavy atom. The number of fused-ring (bicyclic) bond motifs is 1. The maximum Gasteiger partial charge on any atom is 0.258 e. The van der Waals surface area contributed by atoms with E-state index in [4.69, 9.17) is 14.0 Å². The average Bonchev–Trinajstić information content (AvgIpc) is 3.42. The lowest BCUT2D eigenvalue weighted by Crippen LogP contribution is -2.24. The first-order valence-electron chi connectivity index (χ1n) is 9.20. The second-order valence-electron chi connectivity index (χ2n) is 7.20. The second-order valence-corrected chi connectivity index (χ2v) is 7.20. The molecule has 0 bridgehead atoms. The van der Waals surface area contributed by atoms with Crippen molar-refractivity contribution in [3.63, 3.8) is 0 Å². The third-order valence-electron chi connectivity index (χ3n) is 5.35. The molecule has 0 spiro atoms. The van der Waals surface area contributed by atoms with E-state index in [0.717, 1.165) is 11.3 Å². The monoisotopic (exact) mass is 377 g/mol. The average molecular weight is 377 g/mol. The van der Waals surface area contributed by atoms with Crippen molar-refractivity contribution < 1.29 is 18.8 Å². The van der Waals surface area contributed by atoms with Gasteiger partial charge in [0.1, 0.15) is 0 Å².